The summed E-state index contributed by atoms with van der Waals surface area (Å²) >= 11 is 0. The van der Waals surface area contributed by atoms with Crippen molar-refractivity contribution in [2.75, 3.05) is 17.2 Å². The Kier molecular flexibility index (Phi) is 6.82. The van der Waals surface area contributed by atoms with Crippen molar-refractivity contribution in [3.05, 3.63) is 78.5 Å². The van der Waals surface area contributed by atoms with Gasteiger partial charge in [-0.2, -0.15) is 0 Å². The summed E-state index contributed by atoms with van der Waals surface area (Å²) in [6, 6.07) is 21.9. The van der Waals surface area contributed by atoms with E-state index in [0.29, 0.717) is 18.3 Å². The third-order valence-corrected chi connectivity index (χ3v) is 5.99. The highest BCUT2D eigenvalue weighted by atomic mass is 16.2. The molecule has 1 heterocycles. The Labute approximate surface area is 184 Å². The zero-order valence-electron chi connectivity index (χ0n) is 17.8. The predicted octanol–water partition coefficient (Wildman–Crippen LogP) is 5.63. The second-order valence-corrected chi connectivity index (χ2v) is 8.28. The number of hydrogen-bond acceptors (Lipinski definition) is 3. The maximum absolute atomic E-state index is 13.2. The fourth-order valence-corrected chi connectivity index (χ4v) is 4.26. The van der Waals surface area contributed by atoms with Crippen molar-refractivity contribution in [3.8, 4) is 11.1 Å². The summed E-state index contributed by atoms with van der Waals surface area (Å²) in [7, 11) is 0. The highest BCUT2D eigenvalue weighted by molar-refractivity contribution is 5.92. The molecule has 160 valence electrons. The molecule has 0 unspecified atom stereocenters. The number of carbonyl (C=O) groups is 1. The summed E-state index contributed by atoms with van der Waals surface area (Å²) in [5.41, 5.74) is 9.92. The minimum atomic E-state index is -0.0460. The van der Waals surface area contributed by atoms with Gasteiger partial charge >= 0.3 is 6.03 Å². The number of hydrogen-bond donors (Lipinski definition) is 2. The molecule has 0 saturated heterocycles. The normalized spacial score (nSPS) is 14.2. The van der Waals surface area contributed by atoms with Crippen LogP contribution >= 0.6 is 0 Å². The number of rotatable bonds is 6. The lowest BCUT2D eigenvalue weighted by atomic mass is 9.89. The van der Waals surface area contributed by atoms with Crippen LogP contribution in [0.3, 0.4) is 0 Å². The van der Waals surface area contributed by atoms with Crippen LogP contribution in [-0.4, -0.2) is 17.6 Å². The van der Waals surface area contributed by atoms with Crippen molar-refractivity contribution in [2.24, 2.45) is 5.92 Å². The Morgan fingerprint density at radius 3 is 2.42 bits per heavy atom. The summed E-state index contributed by atoms with van der Waals surface area (Å²) in [5.74, 6) is 1.05. The molecular formula is C26H30N4O. The van der Waals surface area contributed by atoms with Gasteiger partial charge < -0.3 is 11.1 Å². The fraction of sp³-hybridized carbons (Fsp3) is 0.308. The number of urea groups is 1. The zero-order valence-corrected chi connectivity index (χ0v) is 17.8. The Balaban J connectivity index is 1.51. The topological polar surface area (TPSA) is 71.2 Å². The van der Waals surface area contributed by atoms with Gasteiger partial charge in [0.05, 0.1) is 0 Å². The van der Waals surface area contributed by atoms with Crippen LogP contribution in [0.1, 0.15) is 37.7 Å². The van der Waals surface area contributed by atoms with Gasteiger partial charge in [0.15, 0.2) is 0 Å². The summed E-state index contributed by atoms with van der Waals surface area (Å²) in [5, 5.41) is 3.10. The highest BCUT2D eigenvalue weighted by Crippen LogP contribution is 2.28. The Hall–Kier alpha value is -3.34. The largest absolute Gasteiger partial charge is 0.384 e. The maximum Gasteiger partial charge on any atom is 0.322 e. The minimum Gasteiger partial charge on any atom is -0.384 e. The van der Waals surface area contributed by atoms with E-state index >= 15 is 0 Å². The molecule has 2 amide bonds. The number of amides is 2. The van der Waals surface area contributed by atoms with Crippen LogP contribution in [0.4, 0.5) is 16.3 Å². The van der Waals surface area contributed by atoms with Gasteiger partial charge in [0.2, 0.25) is 0 Å². The highest BCUT2D eigenvalue weighted by Gasteiger charge is 2.22. The number of pyridine rings is 1. The lowest BCUT2D eigenvalue weighted by Gasteiger charge is -2.30. The first kappa shape index (κ1) is 20.9. The van der Waals surface area contributed by atoms with Crippen LogP contribution < -0.4 is 16.0 Å². The molecular weight excluding hydrogens is 384 g/mol. The van der Waals surface area contributed by atoms with Gasteiger partial charge in [0.1, 0.15) is 5.82 Å². The number of carbonyl (C=O) groups excluding carboxylic acids is 1. The average molecular weight is 415 g/mol. The molecule has 5 nitrogen and oxygen atoms in total. The van der Waals surface area contributed by atoms with Gasteiger partial charge in [0, 0.05) is 25.0 Å². The second kappa shape index (κ2) is 10.1. The maximum atomic E-state index is 13.2. The molecule has 4 rings (SSSR count). The Morgan fingerprint density at radius 1 is 0.968 bits per heavy atom. The molecule has 1 aromatic heterocycles. The minimum absolute atomic E-state index is 0.0460. The molecule has 3 N–H and O–H groups in total. The van der Waals surface area contributed by atoms with Crippen molar-refractivity contribution in [3.63, 3.8) is 0 Å². The van der Waals surface area contributed by atoms with Gasteiger partial charge in [-0.1, -0.05) is 61.7 Å². The van der Waals surface area contributed by atoms with E-state index in [0.717, 1.165) is 28.9 Å². The lowest BCUT2D eigenvalue weighted by molar-refractivity contribution is 0.243. The number of nitrogens with one attached hydrogen (secondary N) is 1. The van der Waals surface area contributed by atoms with E-state index in [-0.39, 0.29) is 6.03 Å². The second-order valence-electron chi connectivity index (χ2n) is 8.28. The van der Waals surface area contributed by atoms with Crippen LogP contribution in [-0.2, 0) is 6.54 Å². The zero-order chi connectivity index (χ0) is 21.5. The van der Waals surface area contributed by atoms with Gasteiger partial charge in [0.25, 0.3) is 0 Å². The van der Waals surface area contributed by atoms with Crippen LogP contribution in [0, 0.1) is 5.92 Å². The van der Waals surface area contributed by atoms with Crippen LogP contribution in [0.2, 0.25) is 0 Å². The number of anilines is 2. The number of benzene rings is 2. The van der Waals surface area contributed by atoms with Gasteiger partial charge in [-0.25, -0.2) is 9.78 Å². The van der Waals surface area contributed by atoms with Crippen molar-refractivity contribution >= 4 is 17.5 Å². The van der Waals surface area contributed by atoms with E-state index in [2.05, 4.69) is 10.3 Å². The van der Waals surface area contributed by atoms with Crippen LogP contribution in [0.5, 0.6) is 0 Å². The summed E-state index contributed by atoms with van der Waals surface area (Å²) in [6.07, 6.45) is 7.91. The van der Waals surface area contributed by atoms with Gasteiger partial charge in [-0.05, 0) is 59.7 Å². The molecule has 0 aliphatic heterocycles. The molecule has 0 bridgehead atoms. The number of aromatic nitrogens is 1. The number of nitrogen functional groups attached to an aromatic ring is 1. The molecule has 0 spiro atoms. The first-order valence-electron chi connectivity index (χ1n) is 11.1. The first-order valence-corrected chi connectivity index (χ1v) is 11.1. The van der Waals surface area contributed by atoms with E-state index in [1.807, 2.05) is 71.6 Å². The standard InChI is InChI=1S/C26H30N4O/c27-25-17-23(15-16-28-25)22-11-13-24(14-12-22)30(19-21-9-5-2-6-10-21)26(31)29-18-20-7-3-1-4-8-20/h1,3-4,7-8,11-17,21H,2,5-6,9-10,18-19H2,(H2,27,28)(H,29,31). The van der Waals surface area contributed by atoms with Gasteiger partial charge in [-0.3, -0.25) is 4.90 Å². The lowest BCUT2D eigenvalue weighted by Crippen LogP contribution is -2.42. The van der Waals surface area contributed by atoms with E-state index in [9.17, 15) is 4.79 Å². The molecule has 1 aliphatic rings. The summed E-state index contributed by atoms with van der Waals surface area (Å²) in [4.78, 5) is 19.1. The van der Waals surface area contributed by atoms with Crippen molar-refractivity contribution in [2.45, 2.75) is 38.6 Å². The van der Waals surface area contributed by atoms with E-state index in [1.165, 1.54) is 32.1 Å². The molecule has 0 atom stereocenters. The first-order chi connectivity index (χ1) is 15.2. The third kappa shape index (κ3) is 5.63. The molecule has 5 heteroatoms. The predicted molar refractivity (Wildman–Crippen MR) is 127 cm³/mol. The van der Waals surface area contributed by atoms with Crippen molar-refractivity contribution < 1.29 is 4.79 Å². The monoisotopic (exact) mass is 414 g/mol. The summed E-state index contributed by atoms with van der Waals surface area (Å²) < 4.78 is 0. The molecule has 1 fully saturated rings. The molecule has 1 saturated carbocycles. The molecule has 0 radical (unpaired) electrons. The smallest absolute Gasteiger partial charge is 0.322 e. The van der Waals surface area contributed by atoms with E-state index in [1.54, 1.807) is 6.20 Å². The van der Waals surface area contributed by atoms with Crippen LogP contribution in [0.15, 0.2) is 72.9 Å². The Morgan fingerprint density at radius 2 is 1.71 bits per heavy atom. The van der Waals surface area contributed by atoms with Crippen LogP contribution in [0.25, 0.3) is 11.1 Å². The third-order valence-electron chi connectivity index (χ3n) is 5.99. The van der Waals surface area contributed by atoms with E-state index < -0.39 is 0 Å². The SMILES string of the molecule is Nc1cc(-c2ccc(N(CC3CCCCC3)C(=O)NCc3ccccc3)cc2)ccn1. The average Bonchev–Trinajstić information content (AvgIpc) is 2.82. The Bertz CT molecular complexity index is 982. The van der Waals surface area contributed by atoms with Crippen molar-refractivity contribution in [1.82, 2.24) is 10.3 Å². The van der Waals surface area contributed by atoms with Crippen molar-refractivity contribution in [1.29, 1.82) is 0 Å². The number of nitrogens with zero attached hydrogens (tertiary/aromatic N) is 2. The quantitative estimate of drug-likeness (QED) is 0.549. The molecule has 1 aliphatic carbocycles. The molecule has 31 heavy (non-hydrogen) atoms. The summed E-state index contributed by atoms with van der Waals surface area (Å²) in [6.45, 7) is 1.28. The molecule has 2 aromatic carbocycles. The fourth-order valence-electron chi connectivity index (χ4n) is 4.26. The van der Waals surface area contributed by atoms with E-state index in [4.69, 9.17) is 5.73 Å². The number of nitrogens with two attached hydrogens (primary N) is 1. The molecule has 3 aromatic rings. The van der Waals surface area contributed by atoms with Gasteiger partial charge in [-0.15, -0.1) is 0 Å².